The van der Waals surface area contributed by atoms with E-state index in [0.717, 1.165) is 25.1 Å². The standard InChI is InChI=1S/C18H27NO3/c1-3-19(16-9-5-4-6-10-16)18(20)15-8-7-11-17(14-15)22-13-12-21-2/h7-8,11,14,16H,3-6,9-10,12-13H2,1-2H3. The van der Waals surface area contributed by atoms with E-state index in [1.54, 1.807) is 7.11 Å². The molecule has 1 aliphatic rings. The molecule has 0 saturated heterocycles. The predicted octanol–water partition coefficient (Wildman–Crippen LogP) is 3.51. The zero-order valence-corrected chi connectivity index (χ0v) is 13.7. The van der Waals surface area contributed by atoms with Crippen LogP contribution in [0.1, 0.15) is 49.4 Å². The van der Waals surface area contributed by atoms with Crippen molar-refractivity contribution in [1.29, 1.82) is 0 Å². The average Bonchev–Trinajstić information content (AvgIpc) is 2.57. The Labute approximate surface area is 133 Å². The third-order valence-electron chi connectivity index (χ3n) is 4.25. The van der Waals surface area contributed by atoms with Crippen molar-refractivity contribution in [2.45, 2.75) is 45.1 Å². The minimum atomic E-state index is 0.117. The maximum Gasteiger partial charge on any atom is 0.254 e. The Kier molecular flexibility index (Phi) is 6.72. The van der Waals surface area contributed by atoms with Crippen molar-refractivity contribution in [3.63, 3.8) is 0 Å². The van der Waals surface area contributed by atoms with Crippen LogP contribution in [0.5, 0.6) is 5.75 Å². The number of nitrogens with zero attached hydrogens (tertiary/aromatic N) is 1. The van der Waals surface area contributed by atoms with Gasteiger partial charge in [-0.2, -0.15) is 0 Å². The average molecular weight is 305 g/mol. The van der Waals surface area contributed by atoms with E-state index in [1.807, 2.05) is 29.2 Å². The quantitative estimate of drug-likeness (QED) is 0.724. The number of carbonyl (C=O) groups is 1. The third kappa shape index (κ3) is 4.47. The normalized spacial score (nSPS) is 15.5. The number of carbonyl (C=O) groups excluding carboxylic acids is 1. The summed E-state index contributed by atoms with van der Waals surface area (Å²) in [4.78, 5) is 14.8. The lowest BCUT2D eigenvalue weighted by Crippen LogP contribution is -2.41. The molecule has 0 atom stereocenters. The van der Waals surface area contributed by atoms with E-state index in [1.165, 1.54) is 19.3 Å². The second-order valence-corrected chi connectivity index (χ2v) is 5.75. The van der Waals surface area contributed by atoms with Crippen molar-refractivity contribution < 1.29 is 14.3 Å². The number of hydrogen-bond acceptors (Lipinski definition) is 3. The van der Waals surface area contributed by atoms with Gasteiger partial charge in [0, 0.05) is 25.3 Å². The lowest BCUT2D eigenvalue weighted by Gasteiger charge is -2.33. The smallest absolute Gasteiger partial charge is 0.254 e. The van der Waals surface area contributed by atoms with Crippen molar-refractivity contribution in [1.82, 2.24) is 4.90 Å². The van der Waals surface area contributed by atoms with Gasteiger partial charge >= 0.3 is 0 Å². The second kappa shape index (κ2) is 8.79. The van der Waals surface area contributed by atoms with Crippen molar-refractivity contribution in [2.24, 2.45) is 0 Å². The monoisotopic (exact) mass is 305 g/mol. The predicted molar refractivity (Wildman–Crippen MR) is 87.4 cm³/mol. The Morgan fingerprint density at radius 2 is 2.00 bits per heavy atom. The van der Waals surface area contributed by atoms with Crippen LogP contribution in [0, 0.1) is 0 Å². The molecule has 0 aliphatic heterocycles. The highest BCUT2D eigenvalue weighted by Gasteiger charge is 2.25. The van der Waals surface area contributed by atoms with E-state index < -0.39 is 0 Å². The fourth-order valence-electron chi connectivity index (χ4n) is 3.09. The summed E-state index contributed by atoms with van der Waals surface area (Å²) >= 11 is 0. The molecule has 0 bridgehead atoms. The van der Waals surface area contributed by atoms with Crippen LogP contribution in [-0.2, 0) is 4.74 Å². The number of ether oxygens (including phenoxy) is 2. The highest BCUT2D eigenvalue weighted by atomic mass is 16.5. The number of methoxy groups -OCH3 is 1. The van der Waals surface area contributed by atoms with Gasteiger partial charge in [0.25, 0.3) is 5.91 Å². The Bertz CT molecular complexity index is 469. The van der Waals surface area contributed by atoms with E-state index in [0.29, 0.717) is 24.8 Å². The van der Waals surface area contributed by atoms with E-state index in [4.69, 9.17) is 9.47 Å². The largest absolute Gasteiger partial charge is 0.491 e. The van der Waals surface area contributed by atoms with Crippen LogP contribution >= 0.6 is 0 Å². The summed E-state index contributed by atoms with van der Waals surface area (Å²) in [6, 6.07) is 7.86. The molecule has 0 radical (unpaired) electrons. The van der Waals surface area contributed by atoms with E-state index in [-0.39, 0.29) is 5.91 Å². The summed E-state index contributed by atoms with van der Waals surface area (Å²) in [5.41, 5.74) is 0.711. The van der Waals surface area contributed by atoms with Crippen LogP contribution in [0.3, 0.4) is 0 Å². The van der Waals surface area contributed by atoms with Crippen LogP contribution in [0.2, 0.25) is 0 Å². The third-order valence-corrected chi connectivity index (χ3v) is 4.25. The lowest BCUT2D eigenvalue weighted by molar-refractivity contribution is 0.0647. The Morgan fingerprint density at radius 3 is 2.68 bits per heavy atom. The maximum absolute atomic E-state index is 12.8. The molecule has 1 aromatic rings. The molecular weight excluding hydrogens is 278 g/mol. The van der Waals surface area contributed by atoms with Gasteiger partial charge in [0.1, 0.15) is 12.4 Å². The molecule has 0 aromatic heterocycles. The molecule has 2 rings (SSSR count). The minimum Gasteiger partial charge on any atom is -0.491 e. The van der Waals surface area contributed by atoms with Crippen LogP contribution in [-0.4, -0.2) is 43.7 Å². The van der Waals surface area contributed by atoms with Crippen LogP contribution in [0.4, 0.5) is 0 Å². The van der Waals surface area contributed by atoms with Crippen molar-refractivity contribution in [3.8, 4) is 5.75 Å². The van der Waals surface area contributed by atoms with E-state index in [9.17, 15) is 4.79 Å². The summed E-state index contributed by atoms with van der Waals surface area (Å²) in [5.74, 6) is 0.842. The summed E-state index contributed by atoms with van der Waals surface area (Å²) in [6.07, 6.45) is 6.02. The highest BCUT2D eigenvalue weighted by molar-refractivity contribution is 5.94. The molecule has 4 nitrogen and oxygen atoms in total. The Balaban J connectivity index is 2.04. The Morgan fingerprint density at radius 1 is 1.23 bits per heavy atom. The van der Waals surface area contributed by atoms with Gasteiger partial charge in [0.15, 0.2) is 0 Å². The maximum atomic E-state index is 12.8. The molecule has 1 saturated carbocycles. The highest BCUT2D eigenvalue weighted by Crippen LogP contribution is 2.24. The number of amides is 1. The van der Waals surface area contributed by atoms with E-state index >= 15 is 0 Å². The van der Waals surface area contributed by atoms with Crippen LogP contribution in [0.15, 0.2) is 24.3 Å². The first-order valence-corrected chi connectivity index (χ1v) is 8.29. The molecule has 1 aromatic carbocycles. The molecule has 1 fully saturated rings. The number of hydrogen-bond donors (Lipinski definition) is 0. The van der Waals surface area contributed by atoms with Gasteiger partial charge < -0.3 is 14.4 Å². The molecule has 22 heavy (non-hydrogen) atoms. The summed E-state index contributed by atoms with van der Waals surface area (Å²) in [5, 5.41) is 0. The topological polar surface area (TPSA) is 38.8 Å². The molecular formula is C18H27NO3. The fraction of sp³-hybridized carbons (Fsp3) is 0.611. The van der Waals surface area contributed by atoms with Gasteiger partial charge in [-0.25, -0.2) is 0 Å². The van der Waals surface area contributed by atoms with Gasteiger partial charge in [-0.3, -0.25) is 4.79 Å². The molecule has 0 spiro atoms. The summed E-state index contributed by atoms with van der Waals surface area (Å²) in [7, 11) is 1.65. The first-order chi connectivity index (χ1) is 10.8. The molecule has 0 unspecified atom stereocenters. The van der Waals surface area contributed by atoms with Gasteiger partial charge in [-0.1, -0.05) is 25.3 Å². The van der Waals surface area contributed by atoms with Crippen LogP contribution < -0.4 is 4.74 Å². The lowest BCUT2D eigenvalue weighted by atomic mass is 9.93. The van der Waals surface area contributed by atoms with Crippen LogP contribution in [0.25, 0.3) is 0 Å². The molecule has 1 aliphatic carbocycles. The SMILES string of the molecule is CCN(C(=O)c1cccc(OCCOC)c1)C1CCCCC1. The zero-order valence-electron chi connectivity index (χ0n) is 13.7. The van der Waals surface area contributed by atoms with Crippen molar-refractivity contribution >= 4 is 5.91 Å². The molecule has 0 N–H and O–H groups in total. The first-order valence-electron chi connectivity index (χ1n) is 8.29. The van der Waals surface area contributed by atoms with Gasteiger partial charge in [-0.15, -0.1) is 0 Å². The number of benzene rings is 1. The second-order valence-electron chi connectivity index (χ2n) is 5.75. The number of rotatable bonds is 7. The first kappa shape index (κ1) is 16.8. The van der Waals surface area contributed by atoms with Gasteiger partial charge in [-0.05, 0) is 38.0 Å². The zero-order chi connectivity index (χ0) is 15.8. The minimum absolute atomic E-state index is 0.117. The van der Waals surface area contributed by atoms with Crippen molar-refractivity contribution in [3.05, 3.63) is 29.8 Å². The molecule has 4 heteroatoms. The molecule has 122 valence electrons. The van der Waals surface area contributed by atoms with E-state index in [2.05, 4.69) is 6.92 Å². The fourth-order valence-corrected chi connectivity index (χ4v) is 3.09. The van der Waals surface area contributed by atoms with Crippen molar-refractivity contribution in [2.75, 3.05) is 26.9 Å². The summed E-state index contributed by atoms with van der Waals surface area (Å²) < 4.78 is 10.6. The molecule has 1 amide bonds. The van der Waals surface area contributed by atoms with Gasteiger partial charge in [0.05, 0.1) is 6.61 Å². The Hall–Kier alpha value is -1.55. The van der Waals surface area contributed by atoms with Gasteiger partial charge in [0.2, 0.25) is 0 Å². The summed E-state index contributed by atoms with van der Waals surface area (Å²) in [6.45, 7) is 3.86. The molecule has 0 heterocycles.